The quantitative estimate of drug-likeness (QED) is 0.667. The fourth-order valence-electron chi connectivity index (χ4n) is 1.71. The Balaban J connectivity index is 2.12. The van der Waals surface area contributed by atoms with Gasteiger partial charge in [-0.05, 0) is 37.9 Å². The maximum atomic E-state index is 11.8. The van der Waals surface area contributed by atoms with E-state index < -0.39 is 33.0 Å². The van der Waals surface area contributed by atoms with E-state index in [0.29, 0.717) is 0 Å². The standard InChI is InChI=1S/C11H14N2O6S/c1-12-20(17,18)8-5-4-7(19-8)10(14)13-9(11(15)16)6-2-3-6/h4-6,9,12H,2-3H2,1H3,(H,13,14)(H,15,16). The maximum absolute atomic E-state index is 11.8. The van der Waals surface area contributed by atoms with E-state index in [1.54, 1.807) is 0 Å². The molecule has 8 nitrogen and oxygen atoms in total. The molecule has 0 aromatic carbocycles. The average Bonchev–Trinajstić information content (AvgIpc) is 3.09. The number of hydrogen-bond donors (Lipinski definition) is 3. The Bertz CT molecular complexity index is 631. The van der Waals surface area contributed by atoms with Crippen molar-refractivity contribution in [1.82, 2.24) is 10.0 Å². The highest BCUT2D eigenvalue weighted by molar-refractivity contribution is 7.89. The van der Waals surface area contributed by atoms with Crippen LogP contribution in [0.4, 0.5) is 0 Å². The second-order valence-corrected chi connectivity index (χ2v) is 6.27. The van der Waals surface area contributed by atoms with Gasteiger partial charge in [0.05, 0.1) is 0 Å². The average molecular weight is 302 g/mol. The molecule has 0 spiro atoms. The van der Waals surface area contributed by atoms with Crippen molar-refractivity contribution in [2.75, 3.05) is 7.05 Å². The minimum absolute atomic E-state index is 0.0769. The van der Waals surface area contributed by atoms with E-state index in [1.165, 1.54) is 13.1 Å². The molecule has 20 heavy (non-hydrogen) atoms. The molecule has 2 rings (SSSR count). The summed E-state index contributed by atoms with van der Waals surface area (Å²) in [6.07, 6.45) is 1.49. The van der Waals surface area contributed by atoms with Gasteiger partial charge in [-0.15, -0.1) is 0 Å². The molecule has 1 fully saturated rings. The van der Waals surface area contributed by atoms with E-state index in [-0.39, 0.29) is 11.7 Å². The van der Waals surface area contributed by atoms with Crippen LogP contribution in [0.25, 0.3) is 0 Å². The Morgan fingerprint density at radius 3 is 2.55 bits per heavy atom. The third kappa shape index (κ3) is 2.99. The number of aliphatic carboxylic acids is 1. The molecule has 1 aliphatic carbocycles. The first kappa shape index (κ1) is 14.5. The van der Waals surface area contributed by atoms with Crippen LogP contribution in [0, 0.1) is 5.92 Å². The molecular formula is C11H14N2O6S. The fourth-order valence-corrected chi connectivity index (χ4v) is 2.36. The molecular weight excluding hydrogens is 288 g/mol. The summed E-state index contributed by atoms with van der Waals surface area (Å²) in [5.41, 5.74) is 0. The van der Waals surface area contributed by atoms with E-state index in [0.717, 1.165) is 18.9 Å². The molecule has 9 heteroatoms. The Morgan fingerprint density at radius 2 is 2.05 bits per heavy atom. The third-order valence-electron chi connectivity index (χ3n) is 2.98. The second kappa shape index (κ2) is 5.25. The largest absolute Gasteiger partial charge is 0.480 e. The van der Waals surface area contributed by atoms with E-state index in [4.69, 9.17) is 9.52 Å². The molecule has 1 saturated carbocycles. The Labute approximate surface area is 115 Å². The Kier molecular flexibility index (Phi) is 3.82. The van der Waals surface area contributed by atoms with Gasteiger partial charge >= 0.3 is 5.97 Å². The molecule has 110 valence electrons. The number of rotatable bonds is 6. The van der Waals surface area contributed by atoms with E-state index in [2.05, 4.69) is 5.32 Å². The maximum Gasteiger partial charge on any atom is 0.326 e. The predicted octanol–water partition coefficient (Wildman–Crippen LogP) is -0.219. The first-order chi connectivity index (χ1) is 9.35. The predicted molar refractivity (Wildman–Crippen MR) is 66.6 cm³/mol. The summed E-state index contributed by atoms with van der Waals surface area (Å²) in [7, 11) is -2.56. The summed E-state index contributed by atoms with van der Waals surface area (Å²) < 4.78 is 29.9. The van der Waals surface area contributed by atoms with Crippen LogP contribution in [0.15, 0.2) is 21.6 Å². The summed E-state index contributed by atoms with van der Waals surface area (Å²) in [6, 6.07) is 1.34. The molecule has 1 amide bonds. The molecule has 0 aliphatic heterocycles. The smallest absolute Gasteiger partial charge is 0.326 e. The van der Waals surface area contributed by atoms with Crippen molar-refractivity contribution in [3.05, 3.63) is 17.9 Å². The van der Waals surface area contributed by atoms with E-state index >= 15 is 0 Å². The van der Waals surface area contributed by atoms with Crippen molar-refractivity contribution < 1.29 is 27.5 Å². The molecule has 3 N–H and O–H groups in total. The molecule has 1 aromatic heterocycles. The minimum Gasteiger partial charge on any atom is -0.480 e. The van der Waals surface area contributed by atoms with Crippen LogP contribution in [-0.4, -0.2) is 38.5 Å². The van der Waals surface area contributed by atoms with Gasteiger partial charge in [0.1, 0.15) is 6.04 Å². The summed E-state index contributed by atoms with van der Waals surface area (Å²) in [4.78, 5) is 22.8. The third-order valence-corrected chi connectivity index (χ3v) is 4.27. The van der Waals surface area contributed by atoms with Crippen LogP contribution in [0.2, 0.25) is 0 Å². The van der Waals surface area contributed by atoms with Gasteiger partial charge in [-0.2, -0.15) is 0 Å². The SMILES string of the molecule is CNS(=O)(=O)c1ccc(C(=O)NC(C(=O)O)C2CC2)o1. The number of sulfonamides is 1. The van der Waals surface area contributed by atoms with Gasteiger partial charge in [0.2, 0.25) is 5.09 Å². The summed E-state index contributed by atoms with van der Waals surface area (Å²) in [6.45, 7) is 0. The van der Waals surface area contributed by atoms with Crippen LogP contribution >= 0.6 is 0 Å². The number of carbonyl (C=O) groups excluding carboxylic acids is 1. The summed E-state index contributed by atoms with van der Waals surface area (Å²) in [5, 5.41) is 10.9. The number of furan rings is 1. The van der Waals surface area contributed by atoms with Crippen molar-refractivity contribution in [2.45, 2.75) is 24.0 Å². The molecule has 1 aliphatic rings. The van der Waals surface area contributed by atoms with E-state index in [9.17, 15) is 18.0 Å². The number of carboxylic acids is 1. The van der Waals surface area contributed by atoms with E-state index in [1.807, 2.05) is 4.72 Å². The van der Waals surface area contributed by atoms with Crippen molar-refractivity contribution in [3.8, 4) is 0 Å². The van der Waals surface area contributed by atoms with Crippen LogP contribution in [0.1, 0.15) is 23.4 Å². The first-order valence-corrected chi connectivity index (χ1v) is 7.40. The molecule has 0 radical (unpaired) electrons. The fraction of sp³-hybridized carbons (Fsp3) is 0.455. The first-order valence-electron chi connectivity index (χ1n) is 5.92. The summed E-state index contributed by atoms with van der Waals surface area (Å²) in [5.74, 6) is -2.19. The van der Waals surface area contributed by atoms with Gasteiger partial charge in [0, 0.05) is 0 Å². The number of hydrogen-bond acceptors (Lipinski definition) is 5. The lowest BCUT2D eigenvalue weighted by Gasteiger charge is -2.12. The highest BCUT2D eigenvalue weighted by Gasteiger charge is 2.37. The zero-order valence-corrected chi connectivity index (χ0v) is 11.4. The lowest BCUT2D eigenvalue weighted by atomic mass is 10.2. The molecule has 1 unspecified atom stereocenters. The number of carboxylic acid groups (broad SMARTS) is 1. The van der Waals surface area contributed by atoms with Crippen molar-refractivity contribution in [1.29, 1.82) is 0 Å². The highest BCUT2D eigenvalue weighted by atomic mass is 32.2. The van der Waals surface area contributed by atoms with Crippen molar-refractivity contribution in [2.24, 2.45) is 5.92 Å². The lowest BCUT2D eigenvalue weighted by molar-refractivity contribution is -0.139. The van der Waals surface area contributed by atoms with Gasteiger partial charge in [-0.25, -0.2) is 17.9 Å². The van der Waals surface area contributed by atoms with Gasteiger partial charge in [0.15, 0.2) is 5.76 Å². The molecule has 1 aromatic rings. The number of nitrogens with one attached hydrogen (secondary N) is 2. The van der Waals surface area contributed by atoms with Gasteiger partial charge in [0.25, 0.3) is 15.9 Å². The van der Waals surface area contributed by atoms with Crippen LogP contribution in [-0.2, 0) is 14.8 Å². The van der Waals surface area contributed by atoms with Crippen molar-refractivity contribution >= 4 is 21.9 Å². The number of amides is 1. The zero-order chi connectivity index (χ0) is 14.9. The van der Waals surface area contributed by atoms with Gasteiger partial charge in [-0.3, -0.25) is 4.79 Å². The van der Waals surface area contributed by atoms with Crippen molar-refractivity contribution in [3.63, 3.8) is 0 Å². The molecule has 0 bridgehead atoms. The summed E-state index contributed by atoms with van der Waals surface area (Å²) >= 11 is 0. The topological polar surface area (TPSA) is 126 Å². The van der Waals surface area contributed by atoms with Crippen LogP contribution in [0.5, 0.6) is 0 Å². The highest BCUT2D eigenvalue weighted by Crippen LogP contribution is 2.32. The molecule has 1 heterocycles. The van der Waals surface area contributed by atoms with Gasteiger partial charge in [-0.1, -0.05) is 0 Å². The normalized spacial score (nSPS) is 16.6. The van der Waals surface area contributed by atoms with Gasteiger partial charge < -0.3 is 14.8 Å². The molecule has 0 saturated heterocycles. The minimum atomic E-state index is -3.77. The van der Waals surface area contributed by atoms with Crippen LogP contribution in [0.3, 0.4) is 0 Å². The Hall–Kier alpha value is -1.87. The Morgan fingerprint density at radius 1 is 1.40 bits per heavy atom. The second-order valence-electron chi connectivity index (χ2n) is 4.45. The van der Waals surface area contributed by atoms with Crippen LogP contribution < -0.4 is 10.0 Å². The monoisotopic (exact) mass is 302 g/mol. The lowest BCUT2D eigenvalue weighted by Crippen LogP contribution is -2.42. The zero-order valence-electron chi connectivity index (χ0n) is 10.6. The number of carbonyl (C=O) groups is 2. The molecule has 1 atom stereocenters.